The van der Waals surface area contributed by atoms with Crippen LogP contribution in [0.5, 0.6) is 0 Å². The lowest BCUT2D eigenvalue weighted by atomic mass is 10.2. The van der Waals surface area contributed by atoms with E-state index in [9.17, 15) is 14.4 Å². The molecule has 0 aromatic carbocycles. The number of carbonyl (C=O) groups excluding carboxylic acids is 3. The number of likely N-dealkylation sites (tertiary alicyclic amines) is 2. The number of carbonyl (C=O) groups is 3. The Labute approximate surface area is 144 Å². The van der Waals surface area contributed by atoms with Crippen LogP contribution in [-0.4, -0.2) is 79.8 Å². The summed E-state index contributed by atoms with van der Waals surface area (Å²) in [5.41, 5.74) is 0. The summed E-state index contributed by atoms with van der Waals surface area (Å²) in [6.07, 6.45) is 4.47. The summed E-state index contributed by atoms with van der Waals surface area (Å²) >= 11 is 0. The molecule has 2 aliphatic heterocycles. The quantitative estimate of drug-likeness (QED) is 0.537. The average molecular weight is 338 g/mol. The van der Waals surface area contributed by atoms with Gasteiger partial charge in [0.15, 0.2) is 5.78 Å². The molecule has 136 valence electrons. The standard InChI is InChI=1S/C17H30N4O3/c22-15(13-16(23)18-5-11-20-7-1-2-8-20)14-17(24)19-6-12-21-9-3-4-10-21/h1-14H2,(H,18,23)(H,19,24). The molecule has 2 rings (SSSR count). The van der Waals surface area contributed by atoms with E-state index < -0.39 is 0 Å². The fourth-order valence-corrected chi connectivity index (χ4v) is 3.26. The molecular formula is C17H30N4O3. The number of nitrogens with one attached hydrogen (secondary N) is 2. The lowest BCUT2D eigenvalue weighted by Crippen LogP contribution is -2.36. The summed E-state index contributed by atoms with van der Waals surface area (Å²) in [7, 11) is 0. The second kappa shape index (κ2) is 10.4. The number of rotatable bonds is 10. The summed E-state index contributed by atoms with van der Waals surface area (Å²) in [6, 6.07) is 0. The first-order valence-electron chi connectivity index (χ1n) is 9.13. The molecule has 7 nitrogen and oxygen atoms in total. The van der Waals surface area contributed by atoms with Gasteiger partial charge in [-0.25, -0.2) is 0 Å². The van der Waals surface area contributed by atoms with Crippen molar-refractivity contribution in [3.05, 3.63) is 0 Å². The normalized spacial score (nSPS) is 18.7. The van der Waals surface area contributed by atoms with Gasteiger partial charge in [0.05, 0.1) is 12.8 Å². The molecule has 2 fully saturated rings. The molecule has 0 bridgehead atoms. The minimum absolute atomic E-state index is 0.209. The zero-order valence-corrected chi connectivity index (χ0v) is 14.5. The second-order valence-corrected chi connectivity index (χ2v) is 6.69. The molecule has 2 amide bonds. The lowest BCUT2D eigenvalue weighted by molar-refractivity contribution is -0.131. The Hall–Kier alpha value is -1.47. The zero-order valence-electron chi connectivity index (χ0n) is 14.5. The van der Waals surface area contributed by atoms with Crippen molar-refractivity contribution in [3.8, 4) is 0 Å². The molecule has 0 saturated carbocycles. The Kier molecular flexibility index (Phi) is 8.18. The first-order chi connectivity index (χ1) is 11.6. The zero-order chi connectivity index (χ0) is 17.2. The van der Waals surface area contributed by atoms with Crippen LogP contribution in [0.1, 0.15) is 38.5 Å². The summed E-state index contributed by atoms with van der Waals surface area (Å²) < 4.78 is 0. The fourth-order valence-electron chi connectivity index (χ4n) is 3.26. The summed E-state index contributed by atoms with van der Waals surface area (Å²) in [4.78, 5) is 39.8. The number of nitrogens with zero attached hydrogens (tertiary/aromatic N) is 2. The van der Waals surface area contributed by atoms with E-state index in [0.29, 0.717) is 13.1 Å². The topological polar surface area (TPSA) is 81.8 Å². The molecule has 0 spiro atoms. The van der Waals surface area contributed by atoms with Gasteiger partial charge >= 0.3 is 0 Å². The molecule has 0 atom stereocenters. The number of amides is 2. The van der Waals surface area contributed by atoms with Gasteiger partial charge in [-0.2, -0.15) is 0 Å². The van der Waals surface area contributed by atoms with Gasteiger partial charge < -0.3 is 20.4 Å². The number of hydrogen-bond donors (Lipinski definition) is 2. The van der Waals surface area contributed by atoms with Gasteiger partial charge in [-0.1, -0.05) is 0 Å². The van der Waals surface area contributed by atoms with E-state index >= 15 is 0 Å². The van der Waals surface area contributed by atoms with Crippen molar-refractivity contribution in [2.45, 2.75) is 38.5 Å². The van der Waals surface area contributed by atoms with E-state index in [0.717, 1.165) is 39.3 Å². The highest BCUT2D eigenvalue weighted by Gasteiger charge is 2.16. The minimum atomic E-state index is -0.327. The van der Waals surface area contributed by atoms with Crippen LogP contribution >= 0.6 is 0 Å². The molecule has 7 heteroatoms. The Morgan fingerprint density at radius 1 is 0.667 bits per heavy atom. The van der Waals surface area contributed by atoms with Gasteiger partial charge in [0.25, 0.3) is 0 Å². The van der Waals surface area contributed by atoms with Crippen molar-refractivity contribution in [3.63, 3.8) is 0 Å². The highest BCUT2D eigenvalue weighted by atomic mass is 16.2. The van der Waals surface area contributed by atoms with Crippen LogP contribution in [0.3, 0.4) is 0 Å². The number of hydrogen-bond acceptors (Lipinski definition) is 5. The maximum atomic E-state index is 11.8. The van der Waals surface area contributed by atoms with Gasteiger partial charge in [0, 0.05) is 26.2 Å². The molecule has 24 heavy (non-hydrogen) atoms. The molecule has 2 aliphatic rings. The van der Waals surface area contributed by atoms with Gasteiger partial charge in [-0.3, -0.25) is 14.4 Å². The van der Waals surface area contributed by atoms with Crippen LogP contribution in [0, 0.1) is 0 Å². The third kappa shape index (κ3) is 7.40. The van der Waals surface area contributed by atoms with Gasteiger partial charge in [0.1, 0.15) is 0 Å². The molecule has 0 aliphatic carbocycles. The monoisotopic (exact) mass is 338 g/mol. The highest BCUT2D eigenvalue weighted by Crippen LogP contribution is 2.06. The first-order valence-corrected chi connectivity index (χ1v) is 9.13. The molecule has 2 heterocycles. The Balaban J connectivity index is 1.49. The van der Waals surface area contributed by atoms with Crippen LogP contribution in [0.2, 0.25) is 0 Å². The predicted octanol–water partition coefficient (Wildman–Crippen LogP) is -0.240. The van der Waals surface area contributed by atoms with Crippen LogP contribution in [0.25, 0.3) is 0 Å². The van der Waals surface area contributed by atoms with E-state index in [1.807, 2.05) is 0 Å². The first kappa shape index (κ1) is 18.9. The smallest absolute Gasteiger partial charge is 0.227 e. The predicted molar refractivity (Wildman–Crippen MR) is 91.6 cm³/mol. The van der Waals surface area contributed by atoms with Crippen LogP contribution in [0.15, 0.2) is 0 Å². The van der Waals surface area contributed by atoms with Crippen molar-refractivity contribution in [1.82, 2.24) is 20.4 Å². The highest BCUT2D eigenvalue weighted by molar-refractivity contribution is 6.06. The second-order valence-electron chi connectivity index (χ2n) is 6.69. The average Bonchev–Trinajstić information content (AvgIpc) is 3.20. The van der Waals surface area contributed by atoms with E-state index in [4.69, 9.17) is 0 Å². The molecule has 2 saturated heterocycles. The van der Waals surface area contributed by atoms with Crippen molar-refractivity contribution in [2.75, 3.05) is 52.4 Å². The molecule has 0 unspecified atom stereocenters. The Morgan fingerprint density at radius 3 is 1.42 bits per heavy atom. The molecule has 2 N–H and O–H groups in total. The van der Waals surface area contributed by atoms with E-state index in [1.54, 1.807) is 0 Å². The minimum Gasteiger partial charge on any atom is -0.354 e. The fraction of sp³-hybridized carbons (Fsp3) is 0.824. The van der Waals surface area contributed by atoms with E-state index in [2.05, 4.69) is 20.4 Å². The SMILES string of the molecule is O=C(CC(=O)NCCN1CCCC1)CC(=O)NCCN1CCCC1. The summed E-state index contributed by atoms with van der Waals surface area (Å²) in [5, 5.41) is 5.51. The third-order valence-electron chi connectivity index (χ3n) is 4.61. The summed E-state index contributed by atoms with van der Waals surface area (Å²) in [6.45, 7) is 7.15. The van der Waals surface area contributed by atoms with Crippen molar-refractivity contribution >= 4 is 17.6 Å². The van der Waals surface area contributed by atoms with Gasteiger partial charge in [-0.05, 0) is 51.9 Å². The maximum absolute atomic E-state index is 11.8. The van der Waals surface area contributed by atoms with Gasteiger partial charge in [0.2, 0.25) is 11.8 Å². The van der Waals surface area contributed by atoms with Crippen LogP contribution in [0.4, 0.5) is 0 Å². The summed E-state index contributed by atoms with van der Waals surface area (Å²) in [5.74, 6) is -0.902. The lowest BCUT2D eigenvalue weighted by Gasteiger charge is -2.15. The van der Waals surface area contributed by atoms with Crippen molar-refractivity contribution < 1.29 is 14.4 Å². The van der Waals surface area contributed by atoms with Crippen molar-refractivity contribution in [2.24, 2.45) is 0 Å². The molecular weight excluding hydrogens is 308 g/mol. The number of Topliss-reactive ketones (excluding diaryl/α,β-unsaturated/α-hetero) is 1. The molecule has 0 radical (unpaired) electrons. The number of ketones is 1. The third-order valence-corrected chi connectivity index (χ3v) is 4.61. The molecule has 0 aromatic heterocycles. The largest absolute Gasteiger partial charge is 0.354 e. The molecule has 0 aromatic rings. The maximum Gasteiger partial charge on any atom is 0.227 e. The Morgan fingerprint density at radius 2 is 1.04 bits per heavy atom. The van der Waals surface area contributed by atoms with E-state index in [1.165, 1.54) is 25.7 Å². The Bertz CT molecular complexity index is 392. The van der Waals surface area contributed by atoms with E-state index in [-0.39, 0.29) is 30.4 Å². The van der Waals surface area contributed by atoms with Crippen LogP contribution in [-0.2, 0) is 14.4 Å². The van der Waals surface area contributed by atoms with Crippen molar-refractivity contribution in [1.29, 1.82) is 0 Å². The van der Waals surface area contributed by atoms with Crippen LogP contribution < -0.4 is 10.6 Å². The van der Waals surface area contributed by atoms with Gasteiger partial charge in [-0.15, -0.1) is 0 Å².